The van der Waals surface area contributed by atoms with Crippen LogP contribution in [0, 0.1) is 0 Å². The smallest absolute Gasteiger partial charge is 0.0618 e. The minimum atomic E-state index is -0.234. The summed E-state index contributed by atoms with van der Waals surface area (Å²) < 4.78 is 0. The second-order valence-corrected chi connectivity index (χ2v) is 5.48. The van der Waals surface area contributed by atoms with E-state index in [0.717, 1.165) is 22.2 Å². The molecular weight excluding hydrogens is 242 g/mol. The van der Waals surface area contributed by atoms with Gasteiger partial charge in [0.05, 0.1) is 6.61 Å². The van der Waals surface area contributed by atoms with Crippen LogP contribution in [0.1, 0.15) is 13.8 Å². The van der Waals surface area contributed by atoms with Crippen molar-refractivity contribution in [2.24, 2.45) is 0 Å². The van der Waals surface area contributed by atoms with Crippen LogP contribution in [0.2, 0.25) is 5.02 Å². The Labute approximate surface area is 106 Å². The van der Waals surface area contributed by atoms with E-state index in [9.17, 15) is 5.11 Å². The summed E-state index contributed by atoms with van der Waals surface area (Å²) >= 11 is 7.61. The SMILES string of the molecule is CCNC(C)(CO)CSc1cccc(Cl)c1. The maximum Gasteiger partial charge on any atom is 0.0618 e. The molecule has 0 aliphatic heterocycles. The van der Waals surface area contributed by atoms with Gasteiger partial charge in [0.25, 0.3) is 0 Å². The van der Waals surface area contributed by atoms with E-state index in [1.807, 2.05) is 38.1 Å². The van der Waals surface area contributed by atoms with Gasteiger partial charge in [0, 0.05) is 21.2 Å². The van der Waals surface area contributed by atoms with Crippen molar-refractivity contribution >= 4 is 23.4 Å². The van der Waals surface area contributed by atoms with E-state index < -0.39 is 0 Å². The van der Waals surface area contributed by atoms with Gasteiger partial charge in [-0.25, -0.2) is 0 Å². The number of benzene rings is 1. The Morgan fingerprint density at radius 2 is 2.25 bits per heavy atom. The van der Waals surface area contributed by atoms with E-state index in [-0.39, 0.29) is 12.1 Å². The van der Waals surface area contributed by atoms with Gasteiger partial charge >= 0.3 is 0 Å². The summed E-state index contributed by atoms with van der Waals surface area (Å²) in [5.74, 6) is 0.817. The van der Waals surface area contributed by atoms with Gasteiger partial charge in [-0.05, 0) is 31.7 Å². The van der Waals surface area contributed by atoms with Crippen LogP contribution in [-0.4, -0.2) is 29.5 Å². The van der Waals surface area contributed by atoms with Crippen molar-refractivity contribution < 1.29 is 5.11 Å². The van der Waals surface area contributed by atoms with Crippen molar-refractivity contribution in [1.82, 2.24) is 5.32 Å². The molecule has 0 heterocycles. The highest BCUT2D eigenvalue weighted by molar-refractivity contribution is 7.99. The normalized spacial score (nSPS) is 14.8. The van der Waals surface area contributed by atoms with Crippen LogP contribution in [0.25, 0.3) is 0 Å². The van der Waals surface area contributed by atoms with Crippen LogP contribution < -0.4 is 5.32 Å². The Hall–Kier alpha value is -0.220. The summed E-state index contributed by atoms with van der Waals surface area (Å²) in [7, 11) is 0. The molecule has 2 nitrogen and oxygen atoms in total. The zero-order valence-electron chi connectivity index (χ0n) is 9.66. The lowest BCUT2D eigenvalue weighted by atomic mass is 10.1. The van der Waals surface area contributed by atoms with Crippen molar-refractivity contribution in [1.29, 1.82) is 0 Å². The number of halogens is 1. The van der Waals surface area contributed by atoms with Gasteiger partial charge in [0.2, 0.25) is 0 Å². The molecule has 0 radical (unpaired) electrons. The van der Waals surface area contributed by atoms with Crippen molar-refractivity contribution in [2.75, 3.05) is 18.9 Å². The molecule has 0 aliphatic carbocycles. The maximum atomic E-state index is 9.35. The molecule has 0 spiro atoms. The standard InChI is InChI=1S/C12H18ClNOS/c1-3-14-12(2,8-15)9-16-11-6-4-5-10(13)7-11/h4-7,14-15H,3,8-9H2,1-2H3. The molecule has 16 heavy (non-hydrogen) atoms. The van der Waals surface area contributed by atoms with Gasteiger partial charge in [0.1, 0.15) is 0 Å². The molecule has 0 saturated heterocycles. The summed E-state index contributed by atoms with van der Waals surface area (Å²) in [6, 6.07) is 7.77. The highest BCUT2D eigenvalue weighted by atomic mass is 35.5. The summed E-state index contributed by atoms with van der Waals surface area (Å²) in [6.45, 7) is 5.05. The van der Waals surface area contributed by atoms with E-state index >= 15 is 0 Å². The average Bonchev–Trinajstić information content (AvgIpc) is 2.27. The zero-order valence-corrected chi connectivity index (χ0v) is 11.2. The van der Waals surface area contributed by atoms with Gasteiger partial charge in [-0.3, -0.25) is 0 Å². The lowest BCUT2D eigenvalue weighted by Crippen LogP contribution is -2.47. The quantitative estimate of drug-likeness (QED) is 0.771. The van der Waals surface area contributed by atoms with Gasteiger partial charge in [-0.2, -0.15) is 0 Å². The second kappa shape index (κ2) is 6.50. The number of thioether (sulfide) groups is 1. The first-order chi connectivity index (χ1) is 7.59. The predicted octanol–water partition coefficient (Wildman–Crippen LogP) is 2.79. The number of aliphatic hydroxyl groups is 1. The lowest BCUT2D eigenvalue weighted by Gasteiger charge is -2.27. The third kappa shape index (κ3) is 4.34. The summed E-state index contributed by atoms with van der Waals surface area (Å²) in [6.07, 6.45) is 0. The molecule has 1 rings (SSSR count). The zero-order chi connectivity index (χ0) is 12.0. The molecule has 0 aliphatic rings. The molecule has 1 unspecified atom stereocenters. The highest BCUT2D eigenvalue weighted by Gasteiger charge is 2.21. The Bertz CT molecular complexity index is 335. The molecule has 0 aromatic heterocycles. The van der Waals surface area contributed by atoms with E-state index in [1.54, 1.807) is 11.8 Å². The molecule has 1 aromatic rings. The number of likely N-dealkylation sites (N-methyl/N-ethyl adjacent to an activating group) is 1. The minimum absolute atomic E-state index is 0.133. The van der Waals surface area contributed by atoms with E-state index in [2.05, 4.69) is 5.32 Å². The number of nitrogens with one attached hydrogen (secondary N) is 1. The van der Waals surface area contributed by atoms with Gasteiger partial charge in [-0.15, -0.1) is 11.8 Å². The molecular formula is C12H18ClNOS. The third-order valence-corrected chi connectivity index (χ3v) is 3.91. The van der Waals surface area contributed by atoms with Crippen LogP contribution in [-0.2, 0) is 0 Å². The topological polar surface area (TPSA) is 32.3 Å². The number of hydrogen-bond acceptors (Lipinski definition) is 3. The van der Waals surface area contributed by atoms with Crippen molar-refractivity contribution in [3.63, 3.8) is 0 Å². The molecule has 1 atom stereocenters. The van der Waals surface area contributed by atoms with Crippen LogP contribution in [0.5, 0.6) is 0 Å². The fraction of sp³-hybridized carbons (Fsp3) is 0.500. The number of rotatable bonds is 6. The summed E-state index contributed by atoms with van der Waals surface area (Å²) in [4.78, 5) is 1.13. The molecule has 90 valence electrons. The first kappa shape index (κ1) is 13.8. The largest absolute Gasteiger partial charge is 0.394 e. The van der Waals surface area contributed by atoms with Crippen LogP contribution in [0.3, 0.4) is 0 Å². The molecule has 0 amide bonds. The molecule has 0 fully saturated rings. The Morgan fingerprint density at radius 3 is 2.81 bits per heavy atom. The predicted molar refractivity (Wildman–Crippen MR) is 71.3 cm³/mol. The fourth-order valence-electron chi connectivity index (χ4n) is 1.38. The molecule has 0 bridgehead atoms. The number of hydrogen-bond donors (Lipinski definition) is 2. The molecule has 0 saturated carbocycles. The Kier molecular flexibility index (Phi) is 5.62. The molecule has 2 N–H and O–H groups in total. The maximum absolute atomic E-state index is 9.35. The Morgan fingerprint density at radius 1 is 1.50 bits per heavy atom. The third-order valence-electron chi connectivity index (χ3n) is 2.31. The van der Waals surface area contributed by atoms with Crippen LogP contribution in [0.4, 0.5) is 0 Å². The van der Waals surface area contributed by atoms with Gasteiger partial charge in [0.15, 0.2) is 0 Å². The highest BCUT2D eigenvalue weighted by Crippen LogP contribution is 2.24. The lowest BCUT2D eigenvalue weighted by molar-refractivity contribution is 0.194. The van der Waals surface area contributed by atoms with Gasteiger partial charge < -0.3 is 10.4 Å². The first-order valence-corrected chi connectivity index (χ1v) is 6.70. The molecule has 4 heteroatoms. The summed E-state index contributed by atoms with van der Waals surface area (Å²) in [5.41, 5.74) is -0.234. The fourth-order valence-corrected chi connectivity index (χ4v) is 2.70. The first-order valence-electron chi connectivity index (χ1n) is 5.34. The van der Waals surface area contributed by atoms with E-state index in [4.69, 9.17) is 11.6 Å². The minimum Gasteiger partial charge on any atom is -0.394 e. The van der Waals surface area contributed by atoms with Crippen molar-refractivity contribution in [2.45, 2.75) is 24.3 Å². The van der Waals surface area contributed by atoms with Crippen molar-refractivity contribution in [3.8, 4) is 0 Å². The Balaban J connectivity index is 2.55. The monoisotopic (exact) mass is 259 g/mol. The van der Waals surface area contributed by atoms with E-state index in [1.165, 1.54) is 0 Å². The summed E-state index contributed by atoms with van der Waals surface area (Å²) in [5, 5.41) is 13.4. The van der Waals surface area contributed by atoms with Crippen LogP contribution in [0.15, 0.2) is 29.2 Å². The number of aliphatic hydroxyl groups excluding tert-OH is 1. The van der Waals surface area contributed by atoms with Crippen LogP contribution >= 0.6 is 23.4 Å². The average molecular weight is 260 g/mol. The van der Waals surface area contributed by atoms with E-state index in [0.29, 0.717) is 0 Å². The van der Waals surface area contributed by atoms with Gasteiger partial charge in [-0.1, -0.05) is 24.6 Å². The second-order valence-electron chi connectivity index (χ2n) is 4.00. The molecule has 1 aromatic carbocycles. The van der Waals surface area contributed by atoms with Crippen molar-refractivity contribution in [3.05, 3.63) is 29.3 Å².